The lowest BCUT2D eigenvalue weighted by molar-refractivity contribution is -0.137. The molecule has 3 aromatic carbocycles. The van der Waals surface area contributed by atoms with Gasteiger partial charge in [-0.1, -0.05) is 24.3 Å². The van der Waals surface area contributed by atoms with Gasteiger partial charge < -0.3 is 14.6 Å². The summed E-state index contributed by atoms with van der Waals surface area (Å²) in [6, 6.07) is 19.5. The van der Waals surface area contributed by atoms with Gasteiger partial charge in [-0.3, -0.25) is 9.00 Å². The highest BCUT2D eigenvalue weighted by Gasteiger charge is 2.30. The largest absolute Gasteiger partial charge is 0.492 e. The van der Waals surface area contributed by atoms with Gasteiger partial charge in [-0.15, -0.1) is 0 Å². The zero-order valence-corrected chi connectivity index (χ0v) is 20.1. The van der Waals surface area contributed by atoms with Crippen LogP contribution in [-0.4, -0.2) is 28.1 Å². The van der Waals surface area contributed by atoms with Crippen molar-refractivity contribution in [3.63, 3.8) is 0 Å². The lowest BCUT2D eigenvalue weighted by Gasteiger charge is -2.17. The Morgan fingerprint density at radius 1 is 1.17 bits per heavy atom. The summed E-state index contributed by atoms with van der Waals surface area (Å²) < 4.78 is 23.8. The first-order valence-electron chi connectivity index (χ1n) is 11.5. The average Bonchev–Trinajstić information content (AvgIpc) is 3.43. The van der Waals surface area contributed by atoms with Gasteiger partial charge in [0, 0.05) is 39.5 Å². The second kappa shape index (κ2) is 9.55. The Labute approximate surface area is 206 Å². The summed E-state index contributed by atoms with van der Waals surface area (Å²) in [5, 5.41) is 18.9. The molecule has 1 unspecified atom stereocenters. The number of aliphatic carboxylic acids is 1. The first-order valence-corrected chi connectivity index (χ1v) is 13.1. The van der Waals surface area contributed by atoms with E-state index in [2.05, 4.69) is 6.07 Å². The van der Waals surface area contributed by atoms with Crippen molar-refractivity contribution in [3.05, 3.63) is 88.0 Å². The first-order chi connectivity index (χ1) is 16.9. The molecule has 1 heterocycles. The molecule has 0 bridgehead atoms. The van der Waals surface area contributed by atoms with Gasteiger partial charge in [0.15, 0.2) is 0 Å². The molecule has 1 aliphatic carbocycles. The van der Waals surface area contributed by atoms with E-state index in [1.54, 1.807) is 6.26 Å². The van der Waals surface area contributed by atoms with Gasteiger partial charge in [0.05, 0.1) is 24.7 Å². The normalized spacial score (nSPS) is 18.7. The number of carboxylic acids is 1. The van der Waals surface area contributed by atoms with E-state index in [-0.39, 0.29) is 18.4 Å². The maximum atomic E-state index is 11.7. The Morgan fingerprint density at radius 2 is 1.94 bits per heavy atom. The SMILES string of the molecule is CS(=O)c1ccc(Cc2c(C#N)ccc3c2CC[C@H]3Oc2ccc3c(c2)OC[C@H]3CC(=O)O)cc1. The minimum absolute atomic E-state index is 0.0479. The predicted molar refractivity (Wildman–Crippen MR) is 131 cm³/mol. The minimum atomic E-state index is -1.02. The highest BCUT2D eigenvalue weighted by atomic mass is 32.2. The summed E-state index contributed by atoms with van der Waals surface area (Å²) >= 11 is 0. The van der Waals surface area contributed by atoms with E-state index in [0.29, 0.717) is 30.1 Å². The van der Waals surface area contributed by atoms with Crippen molar-refractivity contribution in [2.45, 2.75) is 42.6 Å². The van der Waals surface area contributed by atoms with Crippen LogP contribution in [0.4, 0.5) is 0 Å². The Kier molecular flexibility index (Phi) is 6.31. The molecule has 2 aliphatic rings. The number of carbonyl (C=O) groups is 1. The van der Waals surface area contributed by atoms with Crippen molar-refractivity contribution in [1.29, 1.82) is 5.26 Å². The number of fused-ring (bicyclic) bond motifs is 2. The summed E-state index contributed by atoms with van der Waals surface area (Å²) in [6.07, 6.45) is 3.85. The number of carboxylic acid groups (broad SMARTS) is 1. The molecule has 0 saturated heterocycles. The molecule has 0 fully saturated rings. The summed E-state index contributed by atoms with van der Waals surface area (Å²) in [6.45, 7) is 0.368. The predicted octanol–water partition coefficient (Wildman–Crippen LogP) is 4.90. The van der Waals surface area contributed by atoms with E-state index in [4.69, 9.17) is 14.6 Å². The van der Waals surface area contributed by atoms with Gasteiger partial charge in [-0.25, -0.2) is 0 Å². The Balaban J connectivity index is 1.38. The molecule has 0 radical (unpaired) electrons. The van der Waals surface area contributed by atoms with Crippen molar-refractivity contribution in [3.8, 4) is 17.6 Å². The van der Waals surface area contributed by atoms with Crippen molar-refractivity contribution in [2.75, 3.05) is 12.9 Å². The van der Waals surface area contributed by atoms with Gasteiger partial charge in [-0.05, 0) is 65.8 Å². The molecule has 178 valence electrons. The molecule has 7 heteroatoms. The van der Waals surface area contributed by atoms with Gasteiger partial charge in [0.25, 0.3) is 0 Å². The van der Waals surface area contributed by atoms with Crippen molar-refractivity contribution >= 4 is 16.8 Å². The van der Waals surface area contributed by atoms with Crippen LogP contribution in [-0.2, 0) is 28.4 Å². The van der Waals surface area contributed by atoms with Crippen LogP contribution < -0.4 is 9.47 Å². The molecule has 35 heavy (non-hydrogen) atoms. The van der Waals surface area contributed by atoms with E-state index in [1.807, 2.05) is 54.6 Å². The van der Waals surface area contributed by atoms with E-state index in [1.165, 1.54) is 0 Å². The van der Waals surface area contributed by atoms with Gasteiger partial charge >= 0.3 is 5.97 Å². The standard InChI is InChI=1S/C28H25NO5S/c1-35(32)21-6-2-17(3-7-21)12-25-18(15-29)4-8-24-23(25)10-11-26(24)34-20-5-9-22-19(13-28(30)31)16-33-27(22)14-20/h2-9,14,19,26H,10-13,16H2,1H3,(H,30,31)/t19-,26-,35?/m1/s1. The van der Waals surface area contributed by atoms with Crippen LogP contribution in [0.2, 0.25) is 0 Å². The zero-order chi connectivity index (χ0) is 24.5. The lowest BCUT2D eigenvalue weighted by atomic mass is 9.92. The Morgan fingerprint density at radius 3 is 2.66 bits per heavy atom. The third kappa shape index (κ3) is 4.67. The molecule has 1 N–H and O–H groups in total. The molecule has 1 aliphatic heterocycles. The fourth-order valence-electron chi connectivity index (χ4n) is 5.05. The number of hydrogen-bond donors (Lipinski definition) is 1. The number of nitrogens with zero attached hydrogens (tertiary/aromatic N) is 1. The smallest absolute Gasteiger partial charge is 0.304 e. The fraction of sp³-hybridized carbons (Fsp3) is 0.286. The molecule has 0 amide bonds. The highest BCUT2D eigenvalue weighted by molar-refractivity contribution is 7.84. The molecule has 3 aromatic rings. The minimum Gasteiger partial charge on any atom is -0.492 e. The van der Waals surface area contributed by atoms with E-state index >= 15 is 0 Å². The molecule has 3 atom stereocenters. The number of benzene rings is 3. The van der Waals surface area contributed by atoms with Crippen LogP contribution in [0.15, 0.2) is 59.5 Å². The topological polar surface area (TPSA) is 96.6 Å². The fourth-order valence-corrected chi connectivity index (χ4v) is 5.56. The third-order valence-corrected chi connectivity index (χ3v) is 7.73. The van der Waals surface area contributed by atoms with Gasteiger partial charge in [0.2, 0.25) is 0 Å². The third-order valence-electron chi connectivity index (χ3n) is 6.79. The van der Waals surface area contributed by atoms with Crippen molar-refractivity contribution in [2.24, 2.45) is 0 Å². The summed E-state index contributed by atoms with van der Waals surface area (Å²) in [5.41, 5.74) is 5.93. The van der Waals surface area contributed by atoms with E-state index in [9.17, 15) is 14.3 Å². The monoisotopic (exact) mass is 487 g/mol. The second-order valence-electron chi connectivity index (χ2n) is 9.00. The Hall–Kier alpha value is -3.63. The molecular weight excluding hydrogens is 462 g/mol. The molecule has 6 nitrogen and oxygen atoms in total. The van der Waals surface area contributed by atoms with Gasteiger partial charge in [-0.2, -0.15) is 5.26 Å². The molecule has 0 aromatic heterocycles. The van der Waals surface area contributed by atoms with Crippen LogP contribution in [0.25, 0.3) is 0 Å². The van der Waals surface area contributed by atoms with Crippen LogP contribution in [0, 0.1) is 11.3 Å². The summed E-state index contributed by atoms with van der Waals surface area (Å²) in [4.78, 5) is 11.9. The molecular formula is C28H25NO5S. The quantitative estimate of drug-likeness (QED) is 0.509. The van der Waals surface area contributed by atoms with Crippen molar-refractivity contribution in [1.82, 2.24) is 0 Å². The van der Waals surface area contributed by atoms with E-state index in [0.717, 1.165) is 45.6 Å². The van der Waals surface area contributed by atoms with Crippen LogP contribution >= 0.6 is 0 Å². The highest BCUT2D eigenvalue weighted by Crippen LogP contribution is 2.42. The zero-order valence-electron chi connectivity index (χ0n) is 19.3. The Bertz CT molecular complexity index is 1360. The number of ether oxygens (including phenoxy) is 2. The molecule has 0 spiro atoms. The summed E-state index contributed by atoms with van der Waals surface area (Å²) in [5.74, 6) is 0.399. The van der Waals surface area contributed by atoms with Crippen LogP contribution in [0.3, 0.4) is 0 Å². The molecule has 5 rings (SSSR count). The number of nitriles is 1. The van der Waals surface area contributed by atoms with Crippen molar-refractivity contribution < 1.29 is 23.6 Å². The summed E-state index contributed by atoms with van der Waals surface area (Å²) in [7, 11) is -1.02. The van der Waals surface area contributed by atoms with Crippen LogP contribution in [0.5, 0.6) is 11.5 Å². The first kappa shape index (κ1) is 23.1. The van der Waals surface area contributed by atoms with E-state index < -0.39 is 16.8 Å². The number of hydrogen-bond acceptors (Lipinski definition) is 5. The molecule has 0 saturated carbocycles. The second-order valence-corrected chi connectivity index (χ2v) is 10.4. The maximum absolute atomic E-state index is 11.7. The number of rotatable bonds is 7. The average molecular weight is 488 g/mol. The van der Waals surface area contributed by atoms with Gasteiger partial charge in [0.1, 0.15) is 17.6 Å². The van der Waals surface area contributed by atoms with Crippen LogP contribution in [0.1, 0.15) is 58.2 Å². The maximum Gasteiger partial charge on any atom is 0.304 e. The lowest BCUT2D eigenvalue weighted by Crippen LogP contribution is -2.07.